The number of carbonyl (C=O) groups excluding carboxylic acids is 3. The molecule has 3 aliphatic rings. The topological polar surface area (TPSA) is 90.4 Å². The Bertz CT molecular complexity index is 1090. The van der Waals surface area contributed by atoms with E-state index in [9.17, 15) is 19.5 Å². The van der Waals surface area contributed by atoms with Crippen molar-refractivity contribution in [2.45, 2.75) is 76.0 Å². The van der Waals surface area contributed by atoms with Gasteiger partial charge in [0.15, 0.2) is 0 Å². The zero-order valence-corrected chi connectivity index (χ0v) is 24.1. The Morgan fingerprint density at radius 1 is 1.07 bits per heavy atom. The maximum Gasteiger partial charge on any atom is 0.248 e. The minimum atomic E-state index is -1.05. The fourth-order valence-corrected chi connectivity index (χ4v) is 7.09. The van der Waals surface area contributed by atoms with Crippen molar-refractivity contribution in [2.24, 2.45) is 11.8 Å². The van der Waals surface area contributed by atoms with Gasteiger partial charge in [0.25, 0.3) is 0 Å². The summed E-state index contributed by atoms with van der Waals surface area (Å²) in [5, 5.41) is 9.27. The third-order valence-corrected chi connectivity index (χ3v) is 8.92. The second-order valence-corrected chi connectivity index (χ2v) is 11.5. The molecule has 0 aromatic heterocycles. The number of anilines is 1. The first-order chi connectivity index (χ1) is 19.3. The van der Waals surface area contributed by atoms with Gasteiger partial charge in [0.05, 0.1) is 17.4 Å². The van der Waals surface area contributed by atoms with Gasteiger partial charge < -0.3 is 24.5 Å². The van der Waals surface area contributed by atoms with E-state index in [0.717, 1.165) is 24.9 Å². The van der Waals surface area contributed by atoms with E-state index in [1.54, 1.807) is 26.9 Å². The zero-order chi connectivity index (χ0) is 28.9. The van der Waals surface area contributed by atoms with Gasteiger partial charge in [-0.25, -0.2) is 0 Å². The molecule has 3 saturated heterocycles. The van der Waals surface area contributed by atoms with Crippen LogP contribution in [0.25, 0.3) is 0 Å². The molecule has 0 aliphatic carbocycles. The Morgan fingerprint density at radius 3 is 2.45 bits per heavy atom. The molecule has 40 heavy (non-hydrogen) atoms. The Hall–Kier alpha value is -2.97. The average Bonchev–Trinajstić information content (AvgIpc) is 3.52. The first-order valence-corrected chi connectivity index (χ1v) is 14.8. The predicted octanol–water partition coefficient (Wildman–Crippen LogP) is 3.95. The third-order valence-electron chi connectivity index (χ3n) is 8.92. The molecular formula is C32H45N3O5. The fraction of sp³-hybridized carbons (Fsp3) is 0.594. The smallest absolute Gasteiger partial charge is 0.248 e. The van der Waals surface area contributed by atoms with Crippen molar-refractivity contribution in [1.29, 1.82) is 0 Å². The summed E-state index contributed by atoms with van der Waals surface area (Å²) < 4.78 is 6.81. The van der Waals surface area contributed by atoms with E-state index < -0.39 is 29.1 Å². The molecule has 0 saturated carbocycles. The van der Waals surface area contributed by atoms with Crippen LogP contribution in [0.3, 0.4) is 0 Å². The highest BCUT2D eigenvalue weighted by Crippen LogP contribution is 2.63. The first kappa shape index (κ1) is 30.0. The van der Waals surface area contributed by atoms with Gasteiger partial charge >= 0.3 is 0 Å². The summed E-state index contributed by atoms with van der Waals surface area (Å²) in [6.07, 6.45) is 8.39. The molecular weight excluding hydrogens is 506 g/mol. The van der Waals surface area contributed by atoms with Gasteiger partial charge in [-0.2, -0.15) is 0 Å². The van der Waals surface area contributed by atoms with Crippen LogP contribution in [0.1, 0.15) is 58.8 Å². The highest BCUT2D eigenvalue weighted by atomic mass is 16.5. The predicted molar refractivity (Wildman–Crippen MR) is 156 cm³/mol. The second-order valence-electron chi connectivity index (χ2n) is 11.5. The number of para-hydroxylation sites is 1. The highest BCUT2D eigenvalue weighted by molar-refractivity contribution is 6.03. The summed E-state index contributed by atoms with van der Waals surface area (Å²) >= 11 is 0. The van der Waals surface area contributed by atoms with Crippen LogP contribution in [0.15, 0.2) is 55.6 Å². The Labute approximate surface area is 238 Å². The van der Waals surface area contributed by atoms with Gasteiger partial charge in [-0.3, -0.25) is 14.4 Å². The van der Waals surface area contributed by atoms with Gasteiger partial charge in [-0.1, -0.05) is 43.7 Å². The lowest BCUT2D eigenvalue weighted by molar-refractivity contribution is -0.151. The molecule has 1 aromatic carbocycles. The number of carbonyl (C=O) groups is 3. The number of amides is 3. The molecule has 8 nitrogen and oxygen atoms in total. The van der Waals surface area contributed by atoms with Crippen molar-refractivity contribution in [3.8, 4) is 0 Å². The van der Waals surface area contributed by atoms with Crippen molar-refractivity contribution < 1.29 is 24.2 Å². The van der Waals surface area contributed by atoms with E-state index in [2.05, 4.69) is 20.1 Å². The molecule has 5 atom stereocenters. The number of rotatable bonds is 15. The minimum absolute atomic E-state index is 0.0870. The molecule has 1 spiro atoms. The number of likely N-dealkylation sites (tertiary alicyclic amines) is 1. The lowest BCUT2D eigenvalue weighted by Crippen LogP contribution is -2.56. The Kier molecular flexibility index (Phi) is 9.52. The number of aliphatic hydroxyl groups excluding tert-OH is 1. The lowest BCUT2D eigenvalue weighted by atomic mass is 9.66. The van der Waals surface area contributed by atoms with Gasteiger partial charge in [0.2, 0.25) is 17.7 Å². The molecule has 3 aliphatic heterocycles. The molecule has 1 N–H and O–H groups in total. The van der Waals surface area contributed by atoms with Crippen LogP contribution in [-0.4, -0.2) is 82.7 Å². The average molecular weight is 552 g/mol. The van der Waals surface area contributed by atoms with Gasteiger partial charge in [-0.15, -0.1) is 13.2 Å². The van der Waals surface area contributed by atoms with Gasteiger partial charge in [0, 0.05) is 38.5 Å². The molecule has 0 radical (unpaired) electrons. The normalized spacial score (nSPS) is 28.4. The molecule has 8 heteroatoms. The summed E-state index contributed by atoms with van der Waals surface area (Å²) in [6, 6.07) is 8.63. The number of hydrogen-bond acceptors (Lipinski definition) is 5. The highest BCUT2D eigenvalue weighted by Gasteiger charge is 2.78. The summed E-state index contributed by atoms with van der Waals surface area (Å²) in [6.45, 7) is 13.5. The largest absolute Gasteiger partial charge is 0.396 e. The number of fused-ring (bicyclic) bond motifs is 1. The van der Waals surface area contributed by atoms with E-state index in [-0.39, 0.29) is 24.3 Å². The molecule has 2 bridgehead atoms. The molecule has 3 fully saturated rings. The van der Waals surface area contributed by atoms with Crippen LogP contribution in [0, 0.1) is 11.8 Å². The van der Waals surface area contributed by atoms with Crippen molar-refractivity contribution in [1.82, 2.24) is 9.80 Å². The number of nitrogens with zero attached hydrogens (tertiary/aromatic N) is 3. The maximum atomic E-state index is 14.4. The number of ether oxygens (including phenoxy) is 1. The molecule has 218 valence electrons. The number of unbranched alkanes of at least 4 members (excludes halogenated alkanes) is 3. The standard InChI is InChI=1S/C32H45N3O5/c1-5-8-21-33(19-6-2)30(39)27-32-18-17-31(4,40-32)25(26(32)29(38)35(27)22-13-10-14-23-36)28(37)34(20-7-3)24-15-11-9-12-16-24/h6-7,9,11-12,15-16,25-27,36H,2-3,5,8,10,13-14,17-23H2,1,4H3/t25-,26+,27?,31+,32?/m1/s1. The van der Waals surface area contributed by atoms with Crippen molar-refractivity contribution in [3.63, 3.8) is 0 Å². The van der Waals surface area contributed by atoms with E-state index in [1.165, 1.54) is 0 Å². The van der Waals surface area contributed by atoms with E-state index in [0.29, 0.717) is 51.9 Å². The lowest BCUT2D eigenvalue weighted by Gasteiger charge is -2.37. The molecule has 1 aromatic rings. The monoisotopic (exact) mass is 551 g/mol. The van der Waals surface area contributed by atoms with Crippen LogP contribution in [-0.2, 0) is 19.1 Å². The summed E-state index contributed by atoms with van der Waals surface area (Å²) in [5.74, 6) is -1.93. The number of aliphatic hydroxyl groups is 1. The molecule has 3 amide bonds. The maximum absolute atomic E-state index is 14.4. The van der Waals surface area contributed by atoms with Crippen molar-refractivity contribution in [3.05, 3.63) is 55.6 Å². The second kappa shape index (κ2) is 12.7. The van der Waals surface area contributed by atoms with E-state index in [1.807, 2.05) is 37.3 Å². The van der Waals surface area contributed by atoms with Crippen molar-refractivity contribution >= 4 is 23.4 Å². The zero-order valence-electron chi connectivity index (χ0n) is 24.1. The molecule has 4 rings (SSSR count). The van der Waals surface area contributed by atoms with Crippen LogP contribution >= 0.6 is 0 Å². The van der Waals surface area contributed by atoms with Crippen LogP contribution in [0.2, 0.25) is 0 Å². The van der Waals surface area contributed by atoms with E-state index in [4.69, 9.17) is 4.74 Å². The summed E-state index contributed by atoms with van der Waals surface area (Å²) in [5.41, 5.74) is -1.16. The molecule has 3 heterocycles. The Balaban J connectivity index is 1.74. The molecule has 2 unspecified atom stereocenters. The first-order valence-electron chi connectivity index (χ1n) is 14.8. The van der Waals surface area contributed by atoms with Gasteiger partial charge in [-0.05, 0) is 57.6 Å². The summed E-state index contributed by atoms with van der Waals surface area (Å²) in [7, 11) is 0. The summed E-state index contributed by atoms with van der Waals surface area (Å²) in [4.78, 5) is 48.2. The van der Waals surface area contributed by atoms with E-state index >= 15 is 0 Å². The van der Waals surface area contributed by atoms with Gasteiger partial charge in [0.1, 0.15) is 11.6 Å². The number of benzene rings is 1. The van der Waals surface area contributed by atoms with Crippen LogP contribution in [0.4, 0.5) is 5.69 Å². The Morgan fingerprint density at radius 2 is 1.80 bits per heavy atom. The fourth-order valence-electron chi connectivity index (χ4n) is 7.09. The van der Waals surface area contributed by atoms with Crippen LogP contribution < -0.4 is 4.90 Å². The van der Waals surface area contributed by atoms with Crippen molar-refractivity contribution in [2.75, 3.05) is 37.7 Å². The minimum Gasteiger partial charge on any atom is -0.396 e. The van der Waals surface area contributed by atoms with Crippen LogP contribution in [0.5, 0.6) is 0 Å². The quantitative estimate of drug-likeness (QED) is 0.263. The third kappa shape index (κ3) is 5.23. The SMILES string of the molecule is C=CCN(CCCC)C(=O)C1N(CCCCCO)C(=O)[C@@H]2[C@H](C(=O)N(CC=C)c3ccccc3)[C@]3(C)CCC12O3. The number of hydrogen-bond donors (Lipinski definition) is 1.